The largest absolute Gasteiger partial charge is 1.00 e. The standard InChI is InChI=1S/C19H22ClO2P.Li.H/c1-12-7-6-8-15(20)17(12)18(21)23-16-10-9-14(11-13(16)2)22-19(3,4)5;;/h6-11,23H,1-5H3;;/q;+1;-1. The van der Waals surface area contributed by atoms with Crippen molar-refractivity contribution in [2.24, 2.45) is 0 Å². The fraction of sp³-hybridized carbons (Fsp3) is 0.316. The summed E-state index contributed by atoms with van der Waals surface area (Å²) in [5.41, 5.74) is 2.44. The maximum absolute atomic E-state index is 12.6. The molecule has 0 saturated carbocycles. The molecule has 2 aromatic carbocycles. The first kappa shape index (κ1) is 21.3. The van der Waals surface area contributed by atoms with E-state index < -0.39 is 0 Å². The van der Waals surface area contributed by atoms with Gasteiger partial charge in [-0.15, -0.1) is 0 Å². The maximum Gasteiger partial charge on any atom is 1.00 e. The molecule has 0 aromatic heterocycles. The summed E-state index contributed by atoms with van der Waals surface area (Å²) in [6, 6.07) is 11.4. The molecule has 0 fully saturated rings. The molecule has 2 aromatic rings. The molecular formula is C19H23ClLiO2P. The van der Waals surface area contributed by atoms with E-state index in [2.05, 4.69) is 0 Å². The number of aryl methyl sites for hydroxylation is 2. The van der Waals surface area contributed by atoms with Crippen molar-refractivity contribution in [3.05, 3.63) is 58.1 Å². The van der Waals surface area contributed by atoms with Gasteiger partial charge in [0.2, 0.25) is 0 Å². The van der Waals surface area contributed by atoms with Crippen molar-refractivity contribution in [3.8, 4) is 5.75 Å². The molecule has 2 nitrogen and oxygen atoms in total. The summed E-state index contributed by atoms with van der Waals surface area (Å²) in [5.74, 6) is 0.824. The van der Waals surface area contributed by atoms with E-state index in [1.807, 2.05) is 65.0 Å². The second kappa shape index (κ2) is 8.55. The van der Waals surface area contributed by atoms with Gasteiger partial charge >= 0.3 is 18.9 Å². The predicted molar refractivity (Wildman–Crippen MR) is 101 cm³/mol. The van der Waals surface area contributed by atoms with Crippen LogP contribution in [0.4, 0.5) is 0 Å². The van der Waals surface area contributed by atoms with Crippen LogP contribution in [0.1, 0.15) is 43.7 Å². The normalized spacial score (nSPS) is 11.4. The Bertz CT molecular complexity index is 724. The first-order chi connectivity index (χ1) is 10.7. The van der Waals surface area contributed by atoms with Crippen LogP contribution in [0.3, 0.4) is 0 Å². The molecule has 0 spiro atoms. The van der Waals surface area contributed by atoms with Gasteiger partial charge in [-0.2, -0.15) is 0 Å². The Kier molecular flexibility index (Phi) is 7.58. The summed E-state index contributed by atoms with van der Waals surface area (Å²) in [5, 5.41) is 1.54. The molecule has 0 radical (unpaired) electrons. The summed E-state index contributed by atoms with van der Waals surface area (Å²) in [6.45, 7) is 9.96. The Balaban J connectivity index is 0.00000288. The fourth-order valence-electron chi connectivity index (χ4n) is 2.30. The van der Waals surface area contributed by atoms with Crippen LogP contribution >= 0.6 is 20.2 Å². The fourth-order valence-corrected chi connectivity index (χ4v) is 3.82. The molecule has 0 saturated heterocycles. The molecular weight excluding hydrogens is 334 g/mol. The van der Waals surface area contributed by atoms with E-state index in [0.29, 0.717) is 10.6 Å². The first-order valence-electron chi connectivity index (χ1n) is 7.53. The van der Waals surface area contributed by atoms with E-state index >= 15 is 0 Å². The maximum atomic E-state index is 12.6. The van der Waals surface area contributed by atoms with Crippen LogP contribution in [0.5, 0.6) is 5.75 Å². The minimum absolute atomic E-state index is 0. The number of halogens is 1. The van der Waals surface area contributed by atoms with Gasteiger partial charge < -0.3 is 6.16 Å². The quantitative estimate of drug-likeness (QED) is 0.621. The van der Waals surface area contributed by atoms with Gasteiger partial charge in [-0.3, -0.25) is 4.79 Å². The van der Waals surface area contributed by atoms with Crippen LogP contribution in [-0.2, 0) is 0 Å². The summed E-state index contributed by atoms with van der Waals surface area (Å²) in [4.78, 5) is 12.6. The van der Waals surface area contributed by atoms with Crippen LogP contribution in [-0.4, -0.2) is 11.1 Å². The Morgan fingerprint density at radius 3 is 2.33 bits per heavy atom. The molecule has 0 aliphatic carbocycles. The molecule has 0 N–H and O–H groups in total. The van der Waals surface area contributed by atoms with Crippen LogP contribution in [0.15, 0.2) is 36.4 Å². The molecule has 24 heavy (non-hydrogen) atoms. The molecule has 0 bridgehead atoms. The first-order valence-corrected chi connectivity index (χ1v) is 8.91. The van der Waals surface area contributed by atoms with Crippen molar-refractivity contribution < 1.29 is 29.8 Å². The van der Waals surface area contributed by atoms with Crippen molar-refractivity contribution in [3.63, 3.8) is 0 Å². The average Bonchev–Trinajstić information content (AvgIpc) is 2.40. The molecule has 0 amide bonds. The molecule has 0 aliphatic heterocycles. The van der Waals surface area contributed by atoms with E-state index in [0.717, 1.165) is 22.2 Å². The summed E-state index contributed by atoms with van der Waals surface area (Å²) in [6.07, 6.45) is 0. The Morgan fingerprint density at radius 2 is 1.79 bits per heavy atom. The summed E-state index contributed by atoms with van der Waals surface area (Å²) >= 11 is 6.19. The summed E-state index contributed by atoms with van der Waals surface area (Å²) in [7, 11) is 0.0528. The Hall–Kier alpha value is -0.773. The van der Waals surface area contributed by atoms with E-state index in [-0.39, 0.29) is 40.0 Å². The average molecular weight is 357 g/mol. The second-order valence-electron chi connectivity index (χ2n) is 6.58. The second-order valence-corrected chi connectivity index (χ2v) is 8.23. The SMILES string of the molecule is Cc1cc(OC(C)(C)C)ccc1PC(=O)c1c(C)cccc1Cl.[H-].[Li+]. The van der Waals surface area contributed by atoms with Crippen LogP contribution < -0.4 is 28.9 Å². The van der Waals surface area contributed by atoms with Crippen molar-refractivity contribution in [2.75, 3.05) is 0 Å². The van der Waals surface area contributed by atoms with Crippen molar-refractivity contribution >= 4 is 31.0 Å². The molecule has 0 heterocycles. The minimum Gasteiger partial charge on any atom is -1.00 e. The summed E-state index contributed by atoms with van der Waals surface area (Å²) < 4.78 is 5.86. The Morgan fingerprint density at radius 1 is 1.12 bits per heavy atom. The number of carbonyl (C=O) groups excluding carboxylic acids is 1. The molecule has 0 aliphatic rings. The molecule has 5 heteroatoms. The number of ether oxygens (including phenoxy) is 1. The number of hydrogen-bond donors (Lipinski definition) is 0. The van der Waals surface area contributed by atoms with Gasteiger partial charge in [0.05, 0.1) is 5.02 Å². The zero-order valence-corrected chi connectivity index (χ0v) is 16.9. The minimum atomic E-state index is -0.235. The molecule has 1 atom stereocenters. The van der Waals surface area contributed by atoms with Gasteiger partial charge in [-0.25, -0.2) is 0 Å². The predicted octanol–water partition coefficient (Wildman–Crippen LogP) is 2.39. The van der Waals surface area contributed by atoms with E-state index in [4.69, 9.17) is 16.3 Å². The third kappa shape index (κ3) is 5.64. The number of benzene rings is 2. The molecule has 124 valence electrons. The van der Waals surface area contributed by atoms with Gasteiger partial charge in [0, 0.05) is 5.56 Å². The third-order valence-electron chi connectivity index (χ3n) is 3.32. The van der Waals surface area contributed by atoms with Crippen molar-refractivity contribution in [2.45, 2.75) is 40.2 Å². The third-order valence-corrected chi connectivity index (χ3v) is 4.94. The van der Waals surface area contributed by atoms with E-state index in [1.54, 1.807) is 6.07 Å². The van der Waals surface area contributed by atoms with Crippen molar-refractivity contribution in [1.82, 2.24) is 0 Å². The van der Waals surface area contributed by atoms with Crippen LogP contribution in [0.25, 0.3) is 0 Å². The van der Waals surface area contributed by atoms with Gasteiger partial charge in [0.15, 0.2) is 5.52 Å². The smallest absolute Gasteiger partial charge is 1.00 e. The molecule has 1 unspecified atom stereocenters. The Labute approximate surface area is 164 Å². The monoisotopic (exact) mass is 356 g/mol. The molecule has 2 rings (SSSR count). The van der Waals surface area contributed by atoms with Crippen molar-refractivity contribution in [1.29, 1.82) is 0 Å². The van der Waals surface area contributed by atoms with Gasteiger partial charge in [0.25, 0.3) is 0 Å². The van der Waals surface area contributed by atoms with Crippen LogP contribution in [0, 0.1) is 13.8 Å². The van der Waals surface area contributed by atoms with Gasteiger partial charge in [-0.05, 0) is 77.8 Å². The topological polar surface area (TPSA) is 26.3 Å². The van der Waals surface area contributed by atoms with Gasteiger partial charge in [-0.1, -0.05) is 29.8 Å². The zero-order chi connectivity index (χ0) is 17.2. The zero-order valence-electron chi connectivity index (χ0n) is 16.2. The number of carbonyl (C=O) groups is 1. The van der Waals surface area contributed by atoms with E-state index in [1.165, 1.54) is 0 Å². The van der Waals surface area contributed by atoms with Gasteiger partial charge in [0.1, 0.15) is 11.4 Å². The van der Waals surface area contributed by atoms with E-state index in [9.17, 15) is 4.79 Å². The number of hydrogen-bond acceptors (Lipinski definition) is 2. The number of rotatable bonds is 4. The van der Waals surface area contributed by atoms with Crippen LogP contribution in [0.2, 0.25) is 5.02 Å².